The monoisotopic (exact) mass is 483 g/mol. The largest absolute Gasteiger partial charge is 0.454 e. The number of hydrogen-bond acceptors (Lipinski definition) is 3. The number of fused-ring (bicyclic) bond motifs is 2. The number of guanidine groups is 1. The van der Waals surface area contributed by atoms with Gasteiger partial charge in [-0.05, 0) is 55.2 Å². The van der Waals surface area contributed by atoms with E-state index in [1.165, 1.54) is 57.2 Å². The summed E-state index contributed by atoms with van der Waals surface area (Å²) in [5.74, 6) is 4.61. The van der Waals surface area contributed by atoms with Gasteiger partial charge in [-0.25, -0.2) is 0 Å². The van der Waals surface area contributed by atoms with E-state index in [0.29, 0.717) is 6.79 Å². The summed E-state index contributed by atoms with van der Waals surface area (Å²) in [6.07, 6.45) is 8.07. The maximum Gasteiger partial charge on any atom is 0.231 e. The van der Waals surface area contributed by atoms with Gasteiger partial charge in [-0.15, -0.1) is 24.0 Å². The van der Waals surface area contributed by atoms with Crippen LogP contribution in [0.25, 0.3) is 0 Å². The van der Waals surface area contributed by atoms with E-state index >= 15 is 0 Å². The van der Waals surface area contributed by atoms with Crippen molar-refractivity contribution >= 4 is 29.9 Å². The van der Waals surface area contributed by atoms with Crippen molar-refractivity contribution < 1.29 is 9.47 Å². The van der Waals surface area contributed by atoms with Crippen LogP contribution in [0.3, 0.4) is 0 Å². The molecule has 5 rings (SSSR count). The van der Waals surface area contributed by atoms with Crippen LogP contribution in [-0.4, -0.2) is 44.3 Å². The predicted octanol–water partition coefficient (Wildman–Crippen LogP) is 3.76. The van der Waals surface area contributed by atoms with Gasteiger partial charge in [0.1, 0.15) is 0 Å². The number of nitrogens with zero attached hydrogens (tertiary/aromatic N) is 2. The van der Waals surface area contributed by atoms with Crippen molar-refractivity contribution in [3.63, 3.8) is 0 Å². The summed E-state index contributed by atoms with van der Waals surface area (Å²) in [7, 11) is 1.92. The van der Waals surface area contributed by atoms with Gasteiger partial charge in [0.05, 0.1) is 0 Å². The minimum Gasteiger partial charge on any atom is -0.454 e. The SMILES string of the molecule is CN=C(NCC1(c2ccc3c(c2)OCO3)CC1)N1CC2CCCCC2C1.I. The van der Waals surface area contributed by atoms with Crippen LogP contribution in [0.5, 0.6) is 11.5 Å². The summed E-state index contributed by atoms with van der Waals surface area (Å²) in [6.45, 7) is 3.65. The van der Waals surface area contributed by atoms with Crippen molar-refractivity contribution in [2.24, 2.45) is 16.8 Å². The molecule has 0 radical (unpaired) electrons. The molecule has 27 heavy (non-hydrogen) atoms. The van der Waals surface area contributed by atoms with Gasteiger partial charge in [0.25, 0.3) is 0 Å². The number of benzene rings is 1. The van der Waals surface area contributed by atoms with E-state index in [2.05, 4.69) is 33.4 Å². The molecular weight excluding hydrogens is 453 g/mol. The maximum atomic E-state index is 5.57. The Kier molecular flexibility index (Phi) is 5.45. The molecule has 0 bridgehead atoms. The molecule has 0 amide bonds. The summed E-state index contributed by atoms with van der Waals surface area (Å²) in [4.78, 5) is 7.09. The fourth-order valence-corrected chi connectivity index (χ4v) is 5.10. The number of aliphatic imine (C=N–C) groups is 1. The lowest BCUT2D eigenvalue weighted by atomic mass is 9.82. The van der Waals surface area contributed by atoms with Crippen LogP contribution < -0.4 is 14.8 Å². The average molecular weight is 483 g/mol. The average Bonchev–Trinajstić information content (AvgIpc) is 3.12. The van der Waals surface area contributed by atoms with E-state index in [1.807, 2.05) is 7.05 Å². The predicted molar refractivity (Wildman–Crippen MR) is 117 cm³/mol. The van der Waals surface area contributed by atoms with Gasteiger partial charge in [-0.3, -0.25) is 4.99 Å². The Balaban J connectivity index is 0.00000180. The number of hydrogen-bond donors (Lipinski definition) is 1. The highest BCUT2D eigenvalue weighted by Crippen LogP contribution is 2.50. The molecule has 6 heteroatoms. The summed E-state index contributed by atoms with van der Waals surface area (Å²) in [5.41, 5.74) is 1.59. The van der Waals surface area contributed by atoms with E-state index in [0.717, 1.165) is 35.8 Å². The zero-order chi connectivity index (χ0) is 17.6. The third-order valence-electron chi connectivity index (χ3n) is 6.91. The van der Waals surface area contributed by atoms with Crippen LogP contribution in [0.1, 0.15) is 44.1 Å². The Bertz CT molecular complexity index is 705. The molecule has 2 atom stereocenters. The molecule has 1 aromatic carbocycles. The number of ether oxygens (including phenoxy) is 2. The Morgan fingerprint density at radius 2 is 1.85 bits per heavy atom. The third-order valence-corrected chi connectivity index (χ3v) is 6.91. The van der Waals surface area contributed by atoms with Crippen LogP contribution >= 0.6 is 24.0 Å². The van der Waals surface area contributed by atoms with Gasteiger partial charge in [0.2, 0.25) is 6.79 Å². The van der Waals surface area contributed by atoms with Gasteiger partial charge >= 0.3 is 0 Å². The summed E-state index contributed by atoms with van der Waals surface area (Å²) < 4.78 is 11.0. The number of nitrogens with one attached hydrogen (secondary N) is 1. The second-order valence-electron chi connectivity index (χ2n) is 8.46. The quantitative estimate of drug-likeness (QED) is 0.404. The van der Waals surface area contributed by atoms with Gasteiger partial charge in [-0.1, -0.05) is 18.9 Å². The Morgan fingerprint density at radius 3 is 2.52 bits per heavy atom. The molecule has 148 valence electrons. The van der Waals surface area contributed by atoms with Crippen LogP contribution in [0.4, 0.5) is 0 Å². The van der Waals surface area contributed by atoms with Crippen LogP contribution in [0, 0.1) is 11.8 Å². The second kappa shape index (κ2) is 7.68. The Morgan fingerprint density at radius 1 is 1.15 bits per heavy atom. The van der Waals surface area contributed by atoms with Crippen LogP contribution in [0.15, 0.2) is 23.2 Å². The van der Waals surface area contributed by atoms with Crippen molar-refractivity contribution in [1.82, 2.24) is 10.2 Å². The first-order chi connectivity index (χ1) is 12.8. The minimum atomic E-state index is 0. The van der Waals surface area contributed by atoms with E-state index in [-0.39, 0.29) is 29.4 Å². The third kappa shape index (κ3) is 3.61. The lowest BCUT2D eigenvalue weighted by molar-refractivity contribution is 0.174. The van der Waals surface area contributed by atoms with Crippen molar-refractivity contribution in [1.29, 1.82) is 0 Å². The fourth-order valence-electron chi connectivity index (χ4n) is 5.10. The molecule has 1 aromatic rings. The smallest absolute Gasteiger partial charge is 0.231 e. The molecule has 3 fully saturated rings. The van der Waals surface area contributed by atoms with Crippen molar-refractivity contribution in [3.05, 3.63) is 23.8 Å². The Labute approximate surface area is 178 Å². The molecule has 2 aliphatic heterocycles. The normalized spacial score (nSPS) is 27.7. The molecule has 2 heterocycles. The summed E-state index contributed by atoms with van der Waals surface area (Å²) >= 11 is 0. The molecule has 0 spiro atoms. The fraction of sp³-hybridized carbons (Fsp3) is 0.667. The van der Waals surface area contributed by atoms with E-state index in [9.17, 15) is 0 Å². The van der Waals surface area contributed by atoms with Gasteiger partial charge < -0.3 is 19.7 Å². The van der Waals surface area contributed by atoms with Crippen molar-refractivity contribution in [2.45, 2.75) is 43.9 Å². The number of rotatable bonds is 3. The standard InChI is InChI=1S/C21H29N3O2.HI/c1-22-20(24-11-15-4-2-3-5-16(15)12-24)23-13-21(8-9-21)17-6-7-18-19(10-17)26-14-25-18;/h6-7,10,15-16H,2-5,8-9,11-14H2,1H3,(H,22,23);1H. The van der Waals surface area contributed by atoms with E-state index in [4.69, 9.17) is 9.47 Å². The lowest BCUT2D eigenvalue weighted by Crippen LogP contribution is -2.43. The first-order valence-electron chi connectivity index (χ1n) is 10.1. The highest BCUT2D eigenvalue weighted by atomic mass is 127. The Hall–Kier alpha value is -1.18. The molecule has 1 N–H and O–H groups in total. The summed E-state index contributed by atoms with van der Waals surface area (Å²) in [5, 5.41) is 3.69. The molecule has 5 nitrogen and oxygen atoms in total. The second-order valence-corrected chi connectivity index (χ2v) is 8.46. The zero-order valence-corrected chi connectivity index (χ0v) is 18.4. The number of halogens is 1. The molecular formula is C21H30IN3O2. The lowest BCUT2D eigenvalue weighted by Gasteiger charge is -2.25. The van der Waals surface area contributed by atoms with Crippen molar-refractivity contribution in [2.75, 3.05) is 33.5 Å². The van der Waals surface area contributed by atoms with Crippen LogP contribution in [0.2, 0.25) is 0 Å². The number of likely N-dealkylation sites (tertiary alicyclic amines) is 1. The molecule has 4 aliphatic rings. The molecule has 2 saturated carbocycles. The highest BCUT2D eigenvalue weighted by Gasteiger charge is 2.45. The topological polar surface area (TPSA) is 46.1 Å². The van der Waals surface area contributed by atoms with Crippen LogP contribution in [-0.2, 0) is 5.41 Å². The maximum absolute atomic E-state index is 5.57. The van der Waals surface area contributed by atoms with Gasteiger partial charge in [-0.2, -0.15) is 0 Å². The molecule has 2 unspecified atom stereocenters. The minimum absolute atomic E-state index is 0. The van der Waals surface area contributed by atoms with E-state index < -0.39 is 0 Å². The zero-order valence-electron chi connectivity index (χ0n) is 16.1. The molecule has 0 aromatic heterocycles. The van der Waals surface area contributed by atoms with Gasteiger partial charge in [0.15, 0.2) is 17.5 Å². The molecule has 1 saturated heterocycles. The van der Waals surface area contributed by atoms with E-state index in [1.54, 1.807) is 0 Å². The first kappa shape index (κ1) is 19.2. The summed E-state index contributed by atoms with van der Waals surface area (Å²) in [6, 6.07) is 6.43. The molecule has 2 aliphatic carbocycles. The first-order valence-corrected chi connectivity index (χ1v) is 10.1. The highest BCUT2D eigenvalue weighted by molar-refractivity contribution is 14.0. The van der Waals surface area contributed by atoms with Crippen molar-refractivity contribution in [3.8, 4) is 11.5 Å². The van der Waals surface area contributed by atoms with Gasteiger partial charge in [0, 0.05) is 32.1 Å².